The minimum Gasteiger partial charge on any atom is -0.350 e. The second kappa shape index (κ2) is 7.73. The number of rotatable bonds is 6. The van der Waals surface area contributed by atoms with E-state index < -0.39 is 5.54 Å². The van der Waals surface area contributed by atoms with E-state index in [2.05, 4.69) is 12.2 Å². The first-order valence-electron chi connectivity index (χ1n) is 9.28. The van der Waals surface area contributed by atoms with Crippen LogP contribution in [-0.4, -0.2) is 28.8 Å². The van der Waals surface area contributed by atoms with Crippen LogP contribution in [0.15, 0.2) is 54.6 Å². The highest BCUT2D eigenvalue weighted by molar-refractivity contribution is 6.02. The van der Waals surface area contributed by atoms with Crippen molar-refractivity contribution >= 4 is 11.8 Å². The molecule has 0 radical (unpaired) electrons. The summed E-state index contributed by atoms with van der Waals surface area (Å²) in [5, 5.41) is 3.03. The SMILES string of the molecule is CCCCN1C(=O)c2ccccc2CC1(C)C(=O)NCc1ccccc1. The van der Waals surface area contributed by atoms with Gasteiger partial charge in [-0.05, 0) is 30.5 Å². The lowest BCUT2D eigenvalue weighted by atomic mass is 9.82. The number of fused-ring (bicyclic) bond motifs is 1. The summed E-state index contributed by atoms with van der Waals surface area (Å²) in [4.78, 5) is 27.9. The van der Waals surface area contributed by atoms with E-state index in [9.17, 15) is 9.59 Å². The third-order valence-corrected chi connectivity index (χ3v) is 5.14. The summed E-state index contributed by atoms with van der Waals surface area (Å²) >= 11 is 0. The van der Waals surface area contributed by atoms with E-state index in [0.717, 1.165) is 29.5 Å². The maximum atomic E-state index is 13.1. The van der Waals surface area contributed by atoms with Crippen LogP contribution in [0, 0.1) is 0 Å². The van der Waals surface area contributed by atoms with Gasteiger partial charge in [-0.25, -0.2) is 0 Å². The van der Waals surface area contributed by atoms with Crippen molar-refractivity contribution in [3.8, 4) is 0 Å². The highest BCUT2D eigenvalue weighted by Crippen LogP contribution is 2.31. The quantitative estimate of drug-likeness (QED) is 0.866. The fourth-order valence-electron chi connectivity index (χ4n) is 3.55. The number of nitrogens with one attached hydrogen (secondary N) is 1. The number of carbonyl (C=O) groups excluding carboxylic acids is 2. The van der Waals surface area contributed by atoms with Gasteiger partial charge in [0.25, 0.3) is 5.91 Å². The molecule has 1 aliphatic rings. The van der Waals surface area contributed by atoms with Gasteiger partial charge < -0.3 is 10.2 Å². The van der Waals surface area contributed by atoms with Crippen LogP contribution in [0.25, 0.3) is 0 Å². The molecule has 2 amide bonds. The van der Waals surface area contributed by atoms with Crippen LogP contribution < -0.4 is 5.32 Å². The van der Waals surface area contributed by atoms with Gasteiger partial charge in [0.15, 0.2) is 0 Å². The summed E-state index contributed by atoms with van der Waals surface area (Å²) in [6.45, 7) is 5.04. The Balaban J connectivity index is 1.85. The molecule has 2 aromatic rings. The number of unbranched alkanes of at least 4 members (excludes halogenated alkanes) is 1. The minimum absolute atomic E-state index is 0.0438. The number of hydrogen-bond acceptors (Lipinski definition) is 2. The molecule has 3 rings (SSSR count). The van der Waals surface area contributed by atoms with Crippen LogP contribution >= 0.6 is 0 Å². The van der Waals surface area contributed by atoms with Crippen molar-refractivity contribution in [2.45, 2.75) is 45.2 Å². The molecule has 0 bridgehead atoms. The Labute approximate surface area is 155 Å². The van der Waals surface area contributed by atoms with Gasteiger partial charge in [-0.1, -0.05) is 61.9 Å². The van der Waals surface area contributed by atoms with E-state index in [1.54, 1.807) is 4.90 Å². The summed E-state index contributed by atoms with van der Waals surface area (Å²) in [5.41, 5.74) is 1.85. The molecule has 1 unspecified atom stereocenters. The van der Waals surface area contributed by atoms with E-state index >= 15 is 0 Å². The molecule has 0 saturated carbocycles. The third-order valence-electron chi connectivity index (χ3n) is 5.14. The van der Waals surface area contributed by atoms with Gasteiger partial charge in [0.1, 0.15) is 5.54 Å². The molecule has 0 saturated heterocycles. The first-order chi connectivity index (χ1) is 12.6. The molecule has 1 aliphatic heterocycles. The largest absolute Gasteiger partial charge is 0.350 e. The maximum Gasteiger partial charge on any atom is 0.255 e. The molecule has 1 atom stereocenters. The summed E-state index contributed by atoms with van der Waals surface area (Å²) in [5.74, 6) is -0.141. The summed E-state index contributed by atoms with van der Waals surface area (Å²) < 4.78 is 0. The monoisotopic (exact) mass is 350 g/mol. The fraction of sp³-hybridized carbons (Fsp3) is 0.364. The van der Waals surface area contributed by atoms with Crippen molar-refractivity contribution in [3.05, 3.63) is 71.3 Å². The zero-order valence-electron chi connectivity index (χ0n) is 15.5. The molecule has 4 heteroatoms. The van der Waals surface area contributed by atoms with E-state index in [1.165, 1.54) is 0 Å². The molecule has 0 spiro atoms. The van der Waals surface area contributed by atoms with Crippen LogP contribution in [0.4, 0.5) is 0 Å². The summed E-state index contributed by atoms with van der Waals surface area (Å²) in [6.07, 6.45) is 2.40. The highest BCUT2D eigenvalue weighted by atomic mass is 16.2. The Morgan fingerprint density at radius 1 is 1.12 bits per heavy atom. The second-order valence-electron chi connectivity index (χ2n) is 7.09. The van der Waals surface area contributed by atoms with Crippen molar-refractivity contribution in [1.29, 1.82) is 0 Å². The molecule has 26 heavy (non-hydrogen) atoms. The van der Waals surface area contributed by atoms with Crippen LogP contribution in [0.2, 0.25) is 0 Å². The molecule has 0 fully saturated rings. The zero-order chi connectivity index (χ0) is 18.6. The molecule has 0 aliphatic carbocycles. The van der Waals surface area contributed by atoms with Gasteiger partial charge in [0, 0.05) is 25.1 Å². The van der Waals surface area contributed by atoms with Crippen molar-refractivity contribution in [2.75, 3.05) is 6.54 Å². The van der Waals surface area contributed by atoms with Crippen molar-refractivity contribution in [3.63, 3.8) is 0 Å². The van der Waals surface area contributed by atoms with Gasteiger partial charge in [-0.15, -0.1) is 0 Å². The van der Waals surface area contributed by atoms with Crippen LogP contribution in [0.3, 0.4) is 0 Å². The Bertz CT molecular complexity index is 788. The molecule has 4 nitrogen and oxygen atoms in total. The molecule has 0 aromatic heterocycles. The lowest BCUT2D eigenvalue weighted by molar-refractivity contribution is -0.131. The second-order valence-corrected chi connectivity index (χ2v) is 7.09. The average molecular weight is 350 g/mol. The van der Waals surface area contributed by atoms with Gasteiger partial charge in [0.2, 0.25) is 5.91 Å². The number of hydrogen-bond donors (Lipinski definition) is 1. The predicted molar refractivity (Wildman–Crippen MR) is 103 cm³/mol. The van der Waals surface area contributed by atoms with Gasteiger partial charge >= 0.3 is 0 Å². The number of carbonyl (C=O) groups is 2. The maximum absolute atomic E-state index is 13.1. The fourth-order valence-corrected chi connectivity index (χ4v) is 3.55. The van der Waals surface area contributed by atoms with E-state index in [-0.39, 0.29) is 11.8 Å². The van der Waals surface area contributed by atoms with Crippen molar-refractivity contribution in [2.24, 2.45) is 0 Å². The molecule has 136 valence electrons. The Morgan fingerprint density at radius 3 is 2.54 bits per heavy atom. The average Bonchev–Trinajstić information content (AvgIpc) is 2.66. The van der Waals surface area contributed by atoms with Gasteiger partial charge in [-0.2, -0.15) is 0 Å². The smallest absolute Gasteiger partial charge is 0.255 e. The Kier molecular flexibility index (Phi) is 5.40. The lowest BCUT2D eigenvalue weighted by Gasteiger charge is -2.44. The standard InChI is InChI=1S/C22H26N2O2/c1-3-4-14-24-20(25)19-13-9-8-12-18(19)15-22(24,2)21(26)23-16-17-10-6-5-7-11-17/h5-13H,3-4,14-16H2,1-2H3,(H,23,26). The molecule has 2 aromatic carbocycles. The molecule has 1 heterocycles. The van der Waals surface area contributed by atoms with Crippen molar-refractivity contribution < 1.29 is 9.59 Å². The predicted octanol–water partition coefficient (Wildman–Crippen LogP) is 3.56. The Morgan fingerprint density at radius 2 is 1.81 bits per heavy atom. The normalized spacial score (nSPS) is 19.2. The van der Waals surface area contributed by atoms with E-state index in [0.29, 0.717) is 19.5 Å². The molecular formula is C22H26N2O2. The first-order valence-corrected chi connectivity index (χ1v) is 9.28. The first kappa shape index (κ1) is 18.2. The van der Waals surface area contributed by atoms with Gasteiger partial charge in [-0.3, -0.25) is 9.59 Å². The topological polar surface area (TPSA) is 49.4 Å². The molecular weight excluding hydrogens is 324 g/mol. The van der Waals surface area contributed by atoms with E-state index in [4.69, 9.17) is 0 Å². The van der Waals surface area contributed by atoms with Crippen molar-refractivity contribution in [1.82, 2.24) is 10.2 Å². The number of benzene rings is 2. The number of nitrogens with zero attached hydrogens (tertiary/aromatic N) is 1. The third kappa shape index (κ3) is 3.50. The summed E-state index contributed by atoms with van der Waals surface area (Å²) in [6, 6.07) is 17.5. The summed E-state index contributed by atoms with van der Waals surface area (Å²) in [7, 11) is 0. The van der Waals surface area contributed by atoms with Crippen LogP contribution in [0.1, 0.15) is 48.2 Å². The lowest BCUT2D eigenvalue weighted by Crippen LogP contribution is -2.62. The number of amides is 2. The van der Waals surface area contributed by atoms with Gasteiger partial charge in [0.05, 0.1) is 0 Å². The van der Waals surface area contributed by atoms with Crippen LogP contribution in [-0.2, 0) is 17.8 Å². The minimum atomic E-state index is -0.866. The van der Waals surface area contributed by atoms with Crippen LogP contribution in [0.5, 0.6) is 0 Å². The zero-order valence-corrected chi connectivity index (χ0v) is 15.5. The Hall–Kier alpha value is -2.62. The molecule has 1 N–H and O–H groups in total. The highest BCUT2D eigenvalue weighted by Gasteiger charge is 2.46. The van der Waals surface area contributed by atoms with E-state index in [1.807, 2.05) is 61.5 Å².